The summed E-state index contributed by atoms with van der Waals surface area (Å²) < 4.78 is 32.1. The number of aromatic hydroxyl groups is 1. The van der Waals surface area contributed by atoms with E-state index in [2.05, 4.69) is 25.5 Å². The summed E-state index contributed by atoms with van der Waals surface area (Å²) >= 11 is 0. The van der Waals surface area contributed by atoms with E-state index in [0.29, 0.717) is 17.7 Å². The molecule has 33 heavy (non-hydrogen) atoms. The Morgan fingerprint density at radius 1 is 1.30 bits per heavy atom. The number of hydrogen-bond acceptors (Lipinski definition) is 7. The van der Waals surface area contributed by atoms with E-state index in [1.54, 1.807) is 54.3 Å². The molecule has 2 bridgehead atoms. The maximum atomic E-state index is 15.6. The zero-order valence-electron chi connectivity index (χ0n) is 18.7. The van der Waals surface area contributed by atoms with Gasteiger partial charge >= 0.3 is 0 Å². The molecule has 10 heteroatoms. The van der Waals surface area contributed by atoms with Crippen LogP contribution >= 0.6 is 0 Å². The Morgan fingerprint density at radius 2 is 2.12 bits per heavy atom. The molecular weight excluding hydrogens is 428 g/mol. The third kappa shape index (κ3) is 3.52. The first-order chi connectivity index (χ1) is 15.8. The molecule has 5 rings (SSSR count). The molecule has 8 nitrogen and oxygen atoms in total. The van der Waals surface area contributed by atoms with Gasteiger partial charge in [0, 0.05) is 49.5 Å². The van der Waals surface area contributed by atoms with Crippen molar-refractivity contribution in [2.24, 2.45) is 5.92 Å². The summed E-state index contributed by atoms with van der Waals surface area (Å²) in [6.07, 6.45) is 5.01. The number of alkyl halides is 2. The van der Waals surface area contributed by atoms with E-state index in [0.717, 1.165) is 5.69 Å². The molecule has 0 saturated carbocycles. The molecule has 4 heterocycles. The predicted octanol–water partition coefficient (Wildman–Crippen LogP) is 3.07. The number of piperidine rings is 1. The quantitative estimate of drug-likeness (QED) is 0.611. The average molecular weight is 456 g/mol. The molecule has 2 aliphatic rings. The summed E-state index contributed by atoms with van der Waals surface area (Å²) in [6, 6.07) is 4.21. The van der Waals surface area contributed by atoms with Crippen molar-refractivity contribution in [2.75, 3.05) is 11.9 Å². The Labute approximate surface area is 190 Å². The second kappa shape index (κ2) is 8.02. The van der Waals surface area contributed by atoms with Crippen molar-refractivity contribution in [2.45, 2.75) is 56.7 Å². The van der Waals surface area contributed by atoms with Gasteiger partial charge < -0.3 is 19.9 Å². The molecule has 2 unspecified atom stereocenters. The highest BCUT2D eigenvalue weighted by atomic mass is 19.1. The summed E-state index contributed by atoms with van der Waals surface area (Å²) in [4.78, 5) is 10.1. The first-order valence-electron chi connectivity index (χ1n) is 11.1. The van der Waals surface area contributed by atoms with Crippen molar-refractivity contribution in [3.63, 3.8) is 0 Å². The number of hydrogen-bond donors (Lipinski definition) is 2. The molecule has 2 saturated heterocycles. The van der Waals surface area contributed by atoms with Gasteiger partial charge in [-0.2, -0.15) is 0 Å². The van der Waals surface area contributed by atoms with E-state index in [-0.39, 0.29) is 24.0 Å². The number of benzene rings is 1. The maximum absolute atomic E-state index is 15.6. The molecule has 0 spiro atoms. The van der Waals surface area contributed by atoms with Crippen molar-refractivity contribution in [3.05, 3.63) is 43.1 Å². The molecule has 1 aromatic carbocycles. The van der Waals surface area contributed by atoms with Crippen LogP contribution in [-0.4, -0.2) is 66.9 Å². The Kier molecular flexibility index (Phi) is 5.27. The Hall–Kier alpha value is -3.14. The van der Waals surface area contributed by atoms with Crippen LogP contribution in [0.25, 0.3) is 16.9 Å². The van der Waals surface area contributed by atoms with E-state index in [1.165, 1.54) is 6.20 Å². The van der Waals surface area contributed by atoms with Crippen LogP contribution in [0.5, 0.6) is 5.75 Å². The lowest BCUT2D eigenvalue weighted by Gasteiger charge is -2.48. The minimum Gasteiger partial charge on any atom is -0.507 e. The van der Waals surface area contributed by atoms with Gasteiger partial charge in [0.15, 0.2) is 0 Å². The van der Waals surface area contributed by atoms with Crippen LogP contribution < -0.4 is 10.2 Å². The number of rotatable bonds is 5. The molecule has 0 aliphatic carbocycles. The lowest BCUT2D eigenvalue weighted by molar-refractivity contribution is 0.0670. The largest absolute Gasteiger partial charge is 0.507 e. The maximum Gasteiger partial charge on any atom is 0.245 e. The van der Waals surface area contributed by atoms with E-state index < -0.39 is 30.0 Å². The smallest absolute Gasteiger partial charge is 0.245 e. The molecule has 174 valence electrons. The second-order valence-electron chi connectivity index (χ2n) is 9.20. The summed E-state index contributed by atoms with van der Waals surface area (Å²) in [5.41, 5.74) is 0.721. The fourth-order valence-corrected chi connectivity index (χ4v) is 5.41. The van der Waals surface area contributed by atoms with E-state index in [4.69, 9.17) is 0 Å². The highest BCUT2D eigenvalue weighted by Crippen LogP contribution is 2.45. The van der Waals surface area contributed by atoms with Crippen LogP contribution in [-0.2, 0) is 0 Å². The van der Waals surface area contributed by atoms with Crippen LogP contribution in [0, 0.1) is 5.92 Å². The van der Waals surface area contributed by atoms with Gasteiger partial charge in [0.2, 0.25) is 5.95 Å². The molecule has 3 aromatic rings. The SMILES string of the molecule is CCC1C2N[C@@](C)(C[C@@H]2F)[C@@H](F)[C@@H]1N(C)c1ncc(-c2ccc(-n3ccnc3)cc2O)nn1. The number of fused-ring (bicyclic) bond motifs is 2. The van der Waals surface area contributed by atoms with Gasteiger partial charge in [-0.15, -0.1) is 10.2 Å². The lowest BCUT2D eigenvalue weighted by atomic mass is 9.78. The summed E-state index contributed by atoms with van der Waals surface area (Å²) in [5.74, 6) is 0.0726. The third-order valence-electron chi connectivity index (χ3n) is 7.16. The number of phenols is 1. The number of phenolic OH excluding ortho intramolecular Hbond substituents is 1. The number of aromatic nitrogens is 5. The highest BCUT2D eigenvalue weighted by Gasteiger charge is 2.60. The minimum atomic E-state index is -1.28. The van der Waals surface area contributed by atoms with Gasteiger partial charge in [-0.05, 0) is 25.5 Å². The number of nitrogens with one attached hydrogen (secondary N) is 1. The van der Waals surface area contributed by atoms with Gasteiger partial charge in [0.1, 0.15) is 23.8 Å². The van der Waals surface area contributed by atoms with Crippen LogP contribution in [0.3, 0.4) is 0 Å². The summed E-state index contributed by atoms with van der Waals surface area (Å²) in [5, 5.41) is 22.2. The standard InChI is InChI=1S/C23H27F2N7O/c1-4-14-19-16(24)10-23(2,28-19)21(25)20(14)31(3)22-27-11-17(29-30-22)15-6-5-13(9-18(15)33)32-8-7-26-12-32/h5-9,11-12,14,16,19-21,28,33H,4,10H2,1-3H3/t14?,16-,19?,20+,21-,23-/m0/s1. The van der Waals surface area contributed by atoms with E-state index in [1.807, 2.05) is 13.0 Å². The van der Waals surface area contributed by atoms with Crippen molar-refractivity contribution in [1.29, 1.82) is 0 Å². The first kappa shape index (κ1) is 21.7. The Balaban J connectivity index is 1.40. The molecule has 2 fully saturated rings. The minimum absolute atomic E-state index is 0.0325. The normalized spacial score (nSPS) is 31.0. The third-order valence-corrected chi connectivity index (χ3v) is 7.16. The second-order valence-corrected chi connectivity index (χ2v) is 9.20. The van der Waals surface area contributed by atoms with Crippen molar-refractivity contribution < 1.29 is 13.9 Å². The van der Waals surface area contributed by atoms with Gasteiger partial charge in [-0.3, -0.25) is 0 Å². The average Bonchev–Trinajstić information content (AvgIpc) is 3.43. The van der Waals surface area contributed by atoms with Crippen molar-refractivity contribution in [3.8, 4) is 22.7 Å². The molecule has 2 N–H and O–H groups in total. The highest BCUT2D eigenvalue weighted by molar-refractivity contribution is 5.68. The van der Waals surface area contributed by atoms with Gasteiger partial charge in [-0.1, -0.05) is 6.92 Å². The monoisotopic (exact) mass is 455 g/mol. The predicted molar refractivity (Wildman–Crippen MR) is 120 cm³/mol. The molecular formula is C23H27F2N7O. The Morgan fingerprint density at radius 3 is 2.76 bits per heavy atom. The topological polar surface area (TPSA) is 92.0 Å². The molecule has 2 aromatic heterocycles. The van der Waals surface area contributed by atoms with Crippen LogP contribution in [0.4, 0.5) is 14.7 Å². The zero-order chi connectivity index (χ0) is 23.3. The molecule has 6 atom stereocenters. The number of halogens is 2. The summed E-state index contributed by atoms with van der Waals surface area (Å²) in [7, 11) is 1.73. The first-order valence-corrected chi connectivity index (χ1v) is 11.1. The van der Waals surface area contributed by atoms with Gasteiger partial charge in [0.25, 0.3) is 0 Å². The van der Waals surface area contributed by atoms with E-state index in [9.17, 15) is 9.50 Å². The number of anilines is 1. The van der Waals surface area contributed by atoms with E-state index >= 15 is 4.39 Å². The number of nitrogens with zero attached hydrogens (tertiary/aromatic N) is 6. The van der Waals surface area contributed by atoms with Crippen LogP contribution in [0.1, 0.15) is 26.7 Å². The molecule has 0 amide bonds. The molecule has 0 radical (unpaired) electrons. The van der Waals surface area contributed by atoms with Gasteiger partial charge in [-0.25, -0.2) is 18.7 Å². The van der Waals surface area contributed by atoms with Crippen LogP contribution in [0.2, 0.25) is 0 Å². The number of imidazole rings is 1. The fourth-order valence-electron chi connectivity index (χ4n) is 5.41. The fraction of sp³-hybridized carbons (Fsp3) is 0.478. The van der Waals surface area contributed by atoms with Gasteiger partial charge in [0.05, 0.1) is 29.8 Å². The molecule has 2 aliphatic heterocycles. The van der Waals surface area contributed by atoms with Crippen molar-refractivity contribution >= 4 is 5.95 Å². The van der Waals surface area contributed by atoms with Crippen molar-refractivity contribution in [1.82, 2.24) is 30.0 Å². The lowest BCUT2D eigenvalue weighted by Crippen LogP contribution is -2.66. The summed E-state index contributed by atoms with van der Waals surface area (Å²) in [6.45, 7) is 3.70. The van der Waals surface area contributed by atoms with Crippen LogP contribution in [0.15, 0.2) is 43.1 Å². The Bertz CT molecular complexity index is 1130. The zero-order valence-corrected chi connectivity index (χ0v) is 18.7.